The highest BCUT2D eigenvalue weighted by Crippen LogP contribution is 2.37. The van der Waals surface area contributed by atoms with Crippen molar-refractivity contribution >= 4 is 11.5 Å². The summed E-state index contributed by atoms with van der Waals surface area (Å²) in [5, 5.41) is 20.7. The Morgan fingerprint density at radius 3 is 2.70 bits per heavy atom. The van der Waals surface area contributed by atoms with Crippen molar-refractivity contribution in [2.24, 2.45) is 10.9 Å². The molecule has 5 nitrogen and oxygen atoms in total. The molecule has 1 heterocycles. The molecule has 1 aromatic carbocycles. The van der Waals surface area contributed by atoms with Gasteiger partial charge in [-0.2, -0.15) is 10.5 Å². The lowest BCUT2D eigenvalue weighted by molar-refractivity contribution is 0.158. The van der Waals surface area contributed by atoms with E-state index < -0.39 is 5.60 Å². The van der Waals surface area contributed by atoms with Gasteiger partial charge in [-0.15, -0.1) is 0 Å². The molecule has 23 heavy (non-hydrogen) atoms. The van der Waals surface area contributed by atoms with E-state index in [4.69, 9.17) is 15.3 Å². The molecule has 0 unspecified atom stereocenters. The predicted molar refractivity (Wildman–Crippen MR) is 89.5 cm³/mol. The van der Waals surface area contributed by atoms with Crippen LogP contribution in [0.3, 0.4) is 0 Å². The number of amidine groups is 1. The molecule has 0 atom stereocenters. The van der Waals surface area contributed by atoms with Crippen molar-refractivity contribution in [3.05, 3.63) is 35.4 Å². The van der Waals surface area contributed by atoms with Gasteiger partial charge >= 0.3 is 0 Å². The largest absolute Gasteiger partial charge is 0.483 e. The lowest BCUT2D eigenvalue weighted by atomic mass is 9.98. The minimum absolute atomic E-state index is 0.368. The van der Waals surface area contributed by atoms with Crippen LogP contribution in [-0.2, 0) is 0 Å². The first-order valence-corrected chi connectivity index (χ1v) is 7.53. The Morgan fingerprint density at radius 1 is 1.35 bits per heavy atom. The molecule has 0 fully saturated rings. The lowest BCUT2D eigenvalue weighted by Crippen LogP contribution is -2.29. The van der Waals surface area contributed by atoms with Crippen LogP contribution in [0.4, 0.5) is 0 Å². The first kappa shape index (κ1) is 16.6. The van der Waals surface area contributed by atoms with Gasteiger partial charge in [0, 0.05) is 12.0 Å². The van der Waals surface area contributed by atoms with Gasteiger partial charge in [0.25, 0.3) is 0 Å². The average Bonchev–Trinajstić information content (AvgIpc) is 2.45. The third kappa shape index (κ3) is 4.11. The average molecular weight is 308 g/mol. The van der Waals surface area contributed by atoms with Crippen LogP contribution in [0.2, 0.25) is 0 Å². The molecule has 0 radical (unpaired) electrons. The number of ether oxygens (including phenoxy) is 1. The van der Waals surface area contributed by atoms with Crippen molar-refractivity contribution in [1.29, 1.82) is 10.5 Å². The second-order valence-electron chi connectivity index (χ2n) is 6.45. The third-order valence-corrected chi connectivity index (χ3v) is 3.30. The Kier molecular flexibility index (Phi) is 4.71. The van der Waals surface area contributed by atoms with Gasteiger partial charge in [-0.3, -0.25) is 5.32 Å². The van der Waals surface area contributed by atoms with Crippen molar-refractivity contribution < 1.29 is 4.74 Å². The second kappa shape index (κ2) is 6.54. The number of rotatable bonds is 3. The molecule has 0 saturated heterocycles. The predicted octanol–water partition coefficient (Wildman–Crippen LogP) is 3.59. The lowest BCUT2D eigenvalue weighted by Gasteiger charge is -2.30. The van der Waals surface area contributed by atoms with Crippen molar-refractivity contribution in [2.45, 2.75) is 39.7 Å². The topological polar surface area (TPSA) is 81.2 Å². The number of hydrogen-bond acceptors (Lipinski definition) is 4. The molecule has 0 spiro atoms. The van der Waals surface area contributed by atoms with Gasteiger partial charge in [0.05, 0.1) is 17.3 Å². The van der Waals surface area contributed by atoms with E-state index in [9.17, 15) is 0 Å². The molecular weight excluding hydrogens is 288 g/mol. The van der Waals surface area contributed by atoms with Crippen molar-refractivity contribution in [2.75, 3.05) is 0 Å². The number of fused-ring (bicyclic) bond motifs is 1. The molecule has 1 N–H and O–H groups in total. The van der Waals surface area contributed by atoms with Crippen LogP contribution in [0.15, 0.2) is 29.3 Å². The van der Waals surface area contributed by atoms with Crippen molar-refractivity contribution in [3.63, 3.8) is 0 Å². The summed E-state index contributed by atoms with van der Waals surface area (Å²) < 4.78 is 5.93. The van der Waals surface area contributed by atoms with E-state index in [-0.39, 0.29) is 0 Å². The van der Waals surface area contributed by atoms with Crippen molar-refractivity contribution in [1.82, 2.24) is 5.32 Å². The maximum Gasteiger partial charge on any atom is 0.182 e. The zero-order valence-electron chi connectivity index (χ0n) is 13.8. The molecule has 118 valence electrons. The summed E-state index contributed by atoms with van der Waals surface area (Å²) in [4.78, 5) is 4.63. The Bertz CT molecular complexity index is 745. The van der Waals surface area contributed by atoms with Crippen LogP contribution in [0.25, 0.3) is 5.70 Å². The van der Waals surface area contributed by atoms with Crippen molar-refractivity contribution in [3.8, 4) is 18.0 Å². The smallest absolute Gasteiger partial charge is 0.182 e. The van der Waals surface area contributed by atoms with E-state index in [1.165, 1.54) is 0 Å². The van der Waals surface area contributed by atoms with E-state index in [1.807, 2.05) is 26.1 Å². The van der Waals surface area contributed by atoms with Crippen LogP contribution >= 0.6 is 0 Å². The van der Waals surface area contributed by atoms with Crippen LogP contribution in [0.1, 0.15) is 45.2 Å². The molecule has 0 aromatic heterocycles. The highest BCUT2D eigenvalue weighted by molar-refractivity contribution is 5.90. The van der Waals surface area contributed by atoms with Crippen LogP contribution in [0.5, 0.6) is 5.75 Å². The van der Waals surface area contributed by atoms with Crippen LogP contribution < -0.4 is 10.1 Å². The normalized spacial score (nSPS) is 15.8. The van der Waals surface area contributed by atoms with Gasteiger partial charge in [0.15, 0.2) is 6.19 Å². The number of benzene rings is 1. The number of nitriles is 2. The molecule has 0 aliphatic carbocycles. The van der Waals surface area contributed by atoms with E-state index >= 15 is 0 Å². The summed E-state index contributed by atoms with van der Waals surface area (Å²) in [6, 6.07) is 7.41. The Balaban J connectivity index is 2.53. The van der Waals surface area contributed by atoms with Gasteiger partial charge in [0.1, 0.15) is 17.2 Å². The van der Waals surface area contributed by atoms with Gasteiger partial charge in [-0.25, -0.2) is 4.99 Å². The summed E-state index contributed by atoms with van der Waals surface area (Å²) in [6.07, 6.45) is 4.52. The SMILES string of the molecule is CC(C)CC(=NC1=CC(C)(C)Oc2ccc(C#N)cc21)NC#N. The second-order valence-corrected chi connectivity index (χ2v) is 6.45. The molecule has 1 aliphatic rings. The quantitative estimate of drug-likeness (QED) is 0.400. The number of hydrogen-bond donors (Lipinski definition) is 1. The summed E-state index contributed by atoms with van der Waals surface area (Å²) in [5.74, 6) is 1.67. The fraction of sp³-hybridized carbons (Fsp3) is 0.389. The molecular formula is C18H20N4O. The minimum Gasteiger partial charge on any atom is -0.483 e. The standard InChI is InChI=1S/C18H20N4O/c1-12(2)7-17(21-11-20)22-15-9-18(3,4)23-16-6-5-13(10-19)8-14(15)16/h5-6,8-9,12H,7H2,1-4H3,(H,21,22). The Labute approximate surface area is 136 Å². The van der Waals surface area contributed by atoms with Gasteiger partial charge in [-0.05, 0) is 44.0 Å². The van der Waals surface area contributed by atoms with E-state index in [0.717, 1.165) is 5.56 Å². The summed E-state index contributed by atoms with van der Waals surface area (Å²) in [6.45, 7) is 8.03. The maximum absolute atomic E-state index is 9.11. The highest BCUT2D eigenvalue weighted by atomic mass is 16.5. The highest BCUT2D eigenvalue weighted by Gasteiger charge is 2.27. The molecule has 1 aliphatic heterocycles. The molecule has 1 aromatic rings. The van der Waals surface area contributed by atoms with E-state index in [0.29, 0.717) is 35.2 Å². The third-order valence-electron chi connectivity index (χ3n) is 3.30. The van der Waals surface area contributed by atoms with Crippen LogP contribution in [-0.4, -0.2) is 11.4 Å². The maximum atomic E-state index is 9.11. The zero-order valence-corrected chi connectivity index (χ0v) is 13.8. The number of nitrogens with zero attached hydrogens (tertiary/aromatic N) is 3. The van der Waals surface area contributed by atoms with E-state index in [1.54, 1.807) is 18.2 Å². The Morgan fingerprint density at radius 2 is 2.09 bits per heavy atom. The zero-order chi connectivity index (χ0) is 17.0. The first-order valence-electron chi connectivity index (χ1n) is 7.53. The summed E-state index contributed by atoms with van der Waals surface area (Å²) in [5.41, 5.74) is 1.53. The number of nitrogens with one attached hydrogen (secondary N) is 1. The molecule has 0 amide bonds. The monoisotopic (exact) mass is 308 g/mol. The fourth-order valence-electron chi connectivity index (χ4n) is 2.42. The summed E-state index contributed by atoms with van der Waals surface area (Å²) >= 11 is 0. The minimum atomic E-state index is -0.504. The molecule has 0 saturated carbocycles. The van der Waals surface area contributed by atoms with Crippen LogP contribution in [0, 0.1) is 28.7 Å². The van der Waals surface area contributed by atoms with Gasteiger partial charge < -0.3 is 4.74 Å². The molecule has 5 heteroatoms. The molecule has 0 bridgehead atoms. The van der Waals surface area contributed by atoms with E-state index in [2.05, 4.69) is 30.2 Å². The van der Waals surface area contributed by atoms with Gasteiger partial charge in [-0.1, -0.05) is 13.8 Å². The summed E-state index contributed by atoms with van der Waals surface area (Å²) in [7, 11) is 0. The first-order chi connectivity index (χ1) is 10.8. The molecule has 2 rings (SSSR count). The fourth-order valence-corrected chi connectivity index (χ4v) is 2.42. The van der Waals surface area contributed by atoms with Gasteiger partial charge in [0.2, 0.25) is 0 Å². The Hall–Kier alpha value is -2.79. The number of aliphatic imine (C=N–C) groups is 1.